The zero-order chi connectivity index (χ0) is 15.0. The van der Waals surface area contributed by atoms with E-state index in [9.17, 15) is 9.90 Å². The van der Waals surface area contributed by atoms with Crippen LogP contribution in [-0.4, -0.2) is 65.8 Å². The van der Waals surface area contributed by atoms with Crippen molar-refractivity contribution in [2.24, 2.45) is 5.92 Å². The van der Waals surface area contributed by atoms with Gasteiger partial charge in [0.25, 0.3) is 0 Å². The summed E-state index contributed by atoms with van der Waals surface area (Å²) in [6, 6.07) is 1.53. The fraction of sp³-hybridized carbons (Fsp3) is 0.938. The smallest absolute Gasteiger partial charge is 0.317 e. The Balaban J connectivity index is 1.48. The van der Waals surface area contributed by atoms with E-state index in [4.69, 9.17) is 0 Å². The van der Waals surface area contributed by atoms with Gasteiger partial charge in [-0.15, -0.1) is 0 Å². The molecule has 0 aromatic heterocycles. The summed E-state index contributed by atoms with van der Waals surface area (Å²) in [7, 11) is 4.02. The number of aliphatic hydroxyl groups is 1. The van der Waals surface area contributed by atoms with Crippen molar-refractivity contribution < 1.29 is 9.90 Å². The van der Waals surface area contributed by atoms with Gasteiger partial charge < -0.3 is 20.2 Å². The van der Waals surface area contributed by atoms with Crippen LogP contribution in [0, 0.1) is 5.92 Å². The van der Waals surface area contributed by atoms with Crippen molar-refractivity contribution >= 4 is 6.03 Å². The van der Waals surface area contributed by atoms with E-state index in [-0.39, 0.29) is 12.1 Å². The topological polar surface area (TPSA) is 55.8 Å². The van der Waals surface area contributed by atoms with Gasteiger partial charge >= 0.3 is 6.03 Å². The summed E-state index contributed by atoms with van der Waals surface area (Å²) in [6.07, 6.45) is 7.84. The molecule has 21 heavy (non-hydrogen) atoms. The number of nitrogens with zero attached hydrogens (tertiary/aromatic N) is 2. The Hall–Kier alpha value is -0.810. The van der Waals surface area contributed by atoms with Gasteiger partial charge in [0.15, 0.2) is 0 Å². The highest BCUT2D eigenvalue weighted by atomic mass is 16.3. The molecule has 2 N–H and O–H groups in total. The van der Waals surface area contributed by atoms with E-state index in [1.807, 2.05) is 0 Å². The summed E-state index contributed by atoms with van der Waals surface area (Å²) in [5.41, 5.74) is 0. The fourth-order valence-electron chi connectivity index (χ4n) is 4.01. The molecule has 1 aliphatic carbocycles. The van der Waals surface area contributed by atoms with Crippen molar-refractivity contribution in [3.63, 3.8) is 0 Å². The van der Waals surface area contributed by atoms with Crippen molar-refractivity contribution in [3.05, 3.63) is 0 Å². The number of amides is 2. The first-order chi connectivity index (χ1) is 10.0. The van der Waals surface area contributed by atoms with Crippen LogP contribution in [0.3, 0.4) is 0 Å². The summed E-state index contributed by atoms with van der Waals surface area (Å²) < 4.78 is 0. The Morgan fingerprint density at radius 2 is 1.90 bits per heavy atom. The van der Waals surface area contributed by atoms with Crippen LogP contribution in [0.2, 0.25) is 0 Å². The molecule has 5 heteroatoms. The molecule has 2 bridgehead atoms. The minimum absolute atomic E-state index is 0.0256. The second-order valence-corrected chi connectivity index (χ2v) is 7.31. The first-order valence-corrected chi connectivity index (χ1v) is 8.46. The molecule has 1 saturated carbocycles. The van der Waals surface area contributed by atoms with Gasteiger partial charge in [-0.3, -0.25) is 0 Å². The standard InChI is InChI=1S/C16H29N3O2/c1-18(10-15(20)11-6-7-11)16(21)17-12-8-13-4-3-5-14(9-12)19(13)2/h11-15,20H,3-10H2,1-2H3,(H,17,21). The van der Waals surface area contributed by atoms with E-state index < -0.39 is 0 Å². The lowest BCUT2D eigenvalue weighted by atomic mass is 9.82. The Morgan fingerprint density at radius 1 is 1.29 bits per heavy atom. The summed E-state index contributed by atoms with van der Waals surface area (Å²) >= 11 is 0. The van der Waals surface area contributed by atoms with E-state index in [1.54, 1.807) is 11.9 Å². The maximum absolute atomic E-state index is 12.3. The number of nitrogens with one attached hydrogen (secondary N) is 1. The number of carbonyl (C=O) groups is 1. The zero-order valence-corrected chi connectivity index (χ0v) is 13.3. The molecule has 3 unspecified atom stereocenters. The number of likely N-dealkylation sites (N-methyl/N-ethyl adjacent to an activating group) is 1. The third kappa shape index (κ3) is 3.51. The van der Waals surface area contributed by atoms with Gasteiger partial charge in [-0.1, -0.05) is 6.42 Å². The van der Waals surface area contributed by atoms with Crippen LogP contribution in [-0.2, 0) is 0 Å². The van der Waals surface area contributed by atoms with Crippen LogP contribution in [0.1, 0.15) is 44.9 Å². The summed E-state index contributed by atoms with van der Waals surface area (Å²) in [5.74, 6) is 0.419. The lowest BCUT2D eigenvalue weighted by molar-refractivity contribution is 0.0486. The van der Waals surface area contributed by atoms with E-state index in [2.05, 4.69) is 17.3 Å². The van der Waals surface area contributed by atoms with Crippen molar-refractivity contribution in [1.82, 2.24) is 15.1 Å². The molecule has 2 heterocycles. The lowest BCUT2D eigenvalue weighted by Gasteiger charge is -2.47. The number of carbonyl (C=O) groups excluding carboxylic acids is 1. The normalized spacial score (nSPS) is 34.3. The monoisotopic (exact) mass is 295 g/mol. The number of rotatable bonds is 4. The van der Waals surface area contributed by atoms with Crippen molar-refractivity contribution in [2.45, 2.75) is 69.2 Å². The Kier molecular flexibility index (Phi) is 4.41. The number of aliphatic hydroxyl groups excluding tert-OH is 1. The molecule has 0 aromatic carbocycles. The minimum atomic E-state index is -0.349. The lowest BCUT2D eigenvalue weighted by Crippen LogP contribution is -2.56. The highest BCUT2D eigenvalue weighted by molar-refractivity contribution is 5.74. The van der Waals surface area contributed by atoms with E-state index in [0.717, 1.165) is 25.7 Å². The third-order valence-corrected chi connectivity index (χ3v) is 5.64. The zero-order valence-electron chi connectivity index (χ0n) is 13.3. The third-order valence-electron chi connectivity index (χ3n) is 5.64. The maximum Gasteiger partial charge on any atom is 0.317 e. The van der Waals surface area contributed by atoms with Gasteiger partial charge in [-0.25, -0.2) is 4.79 Å². The Morgan fingerprint density at radius 3 is 2.48 bits per heavy atom. The van der Waals surface area contributed by atoms with Crippen LogP contribution >= 0.6 is 0 Å². The molecule has 0 aromatic rings. The summed E-state index contributed by atoms with van der Waals surface area (Å²) in [6.45, 7) is 0.454. The molecule has 3 fully saturated rings. The average Bonchev–Trinajstić information content (AvgIpc) is 3.24. The molecule has 0 spiro atoms. The summed E-state index contributed by atoms with van der Waals surface area (Å²) in [5, 5.41) is 13.1. The number of hydrogen-bond donors (Lipinski definition) is 2. The Bertz CT molecular complexity index is 372. The Labute approximate surface area is 127 Å². The van der Waals surface area contributed by atoms with Crippen molar-refractivity contribution in [2.75, 3.05) is 20.6 Å². The number of piperidine rings is 2. The molecule has 5 nitrogen and oxygen atoms in total. The van der Waals surface area contributed by atoms with Crippen LogP contribution in [0.5, 0.6) is 0 Å². The van der Waals surface area contributed by atoms with Gasteiger partial charge in [0.2, 0.25) is 0 Å². The fourth-order valence-corrected chi connectivity index (χ4v) is 4.01. The van der Waals surface area contributed by atoms with Gasteiger partial charge in [0, 0.05) is 31.7 Å². The van der Waals surface area contributed by atoms with E-state index >= 15 is 0 Å². The highest BCUT2D eigenvalue weighted by Gasteiger charge is 2.37. The van der Waals surface area contributed by atoms with Gasteiger partial charge in [0.1, 0.15) is 0 Å². The van der Waals surface area contributed by atoms with E-state index in [0.29, 0.717) is 30.6 Å². The molecule has 0 radical (unpaired) electrons. The molecule has 2 saturated heterocycles. The SMILES string of the molecule is CN(CC(O)C1CC1)C(=O)NC1CC2CCCC(C1)N2C. The average molecular weight is 295 g/mol. The van der Waals surface area contributed by atoms with Crippen LogP contribution < -0.4 is 5.32 Å². The highest BCUT2D eigenvalue weighted by Crippen LogP contribution is 2.33. The molecule has 2 aliphatic heterocycles. The number of fused-ring (bicyclic) bond motifs is 2. The minimum Gasteiger partial charge on any atom is -0.391 e. The maximum atomic E-state index is 12.3. The second kappa shape index (κ2) is 6.13. The molecule has 3 atom stereocenters. The van der Waals surface area contributed by atoms with Crippen LogP contribution in [0.15, 0.2) is 0 Å². The van der Waals surface area contributed by atoms with Gasteiger partial charge in [0.05, 0.1) is 6.10 Å². The number of hydrogen-bond acceptors (Lipinski definition) is 3. The summed E-state index contributed by atoms with van der Waals surface area (Å²) in [4.78, 5) is 16.4. The van der Waals surface area contributed by atoms with Crippen LogP contribution in [0.4, 0.5) is 4.79 Å². The molecule has 120 valence electrons. The second-order valence-electron chi connectivity index (χ2n) is 7.31. The molecule has 2 amide bonds. The van der Waals surface area contributed by atoms with Crippen LogP contribution in [0.25, 0.3) is 0 Å². The largest absolute Gasteiger partial charge is 0.391 e. The first-order valence-electron chi connectivity index (χ1n) is 8.46. The predicted molar refractivity (Wildman–Crippen MR) is 82.1 cm³/mol. The van der Waals surface area contributed by atoms with Crippen molar-refractivity contribution in [1.29, 1.82) is 0 Å². The van der Waals surface area contributed by atoms with Gasteiger partial charge in [-0.2, -0.15) is 0 Å². The molecular formula is C16H29N3O2. The van der Waals surface area contributed by atoms with E-state index in [1.165, 1.54) is 19.3 Å². The molecular weight excluding hydrogens is 266 g/mol. The first kappa shape index (κ1) is 15.1. The number of urea groups is 1. The molecule has 3 rings (SSSR count). The predicted octanol–water partition coefficient (Wildman–Crippen LogP) is 1.41. The quantitative estimate of drug-likeness (QED) is 0.824. The van der Waals surface area contributed by atoms with Gasteiger partial charge in [-0.05, 0) is 51.5 Å². The van der Waals surface area contributed by atoms with Crippen molar-refractivity contribution in [3.8, 4) is 0 Å². The molecule has 3 aliphatic rings.